The van der Waals surface area contributed by atoms with Crippen molar-refractivity contribution < 1.29 is 9.53 Å². The summed E-state index contributed by atoms with van der Waals surface area (Å²) in [4.78, 5) is 10.9. The number of carbonyl (C=O) groups excluding carboxylic acids is 1. The first-order valence-electron chi connectivity index (χ1n) is 5.67. The van der Waals surface area contributed by atoms with E-state index < -0.39 is 6.09 Å². The zero-order valence-electron chi connectivity index (χ0n) is 9.00. The first kappa shape index (κ1) is 11.3. The number of hydrogen-bond acceptors (Lipinski definition) is 2. The van der Waals surface area contributed by atoms with Crippen LogP contribution < -0.4 is 5.32 Å². The molecule has 0 unspecified atom stereocenters. The van der Waals surface area contributed by atoms with Gasteiger partial charge in [0.05, 0.1) is 6.61 Å². The van der Waals surface area contributed by atoms with E-state index >= 15 is 0 Å². The van der Waals surface area contributed by atoms with Crippen LogP contribution >= 0.6 is 0 Å². The maximum atomic E-state index is 10.9. The van der Waals surface area contributed by atoms with E-state index in [2.05, 4.69) is 5.32 Å². The van der Waals surface area contributed by atoms with Crippen LogP contribution in [0, 0.1) is 5.92 Å². The molecule has 0 bridgehead atoms. The zero-order valence-corrected chi connectivity index (χ0v) is 9.00. The Morgan fingerprint density at radius 2 is 2.07 bits per heavy atom. The Balaban J connectivity index is 1.99. The number of amides is 1. The average molecular weight is 198 g/mol. The zero-order chi connectivity index (χ0) is 10.2. The lowest BCUT2D eigenvalue weighted by Gasteiger charge is -2.20. The van der Waals surface area contributed by atoms with Crippen LogP contribution in [-0.2, 0) is 4.74 Å². The molecular weight excluding hydrogens is 178 g/mol. The summed E-state index contributed by atoms with van der Waals surface area (Å²) in [7, 11) is 0. The second kappa shape index (κ2) is 6.68. The fourth-order valence-corrected chi connectivity index (χ4v) is 1.98. The summed E-state index contributed by atoms with van der Waals surface area (Å²) in [5.74, 6) is 0.793. The van der Waals surface area contributed by atoms with Crippen molar-refractivity contribution >= 4 is 6.09 Å². The van der Waals surface area contributed by atoms with Gasteiger partial charge >= 0.3 is 6.09 Å². The molecule has 0 heterocycles. The van der Waals surface area contributed by atoms with Crippen molar-refractivity contribution in [3.8, 4) is 0 Å². The molecule has 0 aliphatic heterocycles. The molecule has 1 rings (SSSR count). The monoisotopic (exact) mass is 198 g/mol. The van der Waals surface area contributed by atoms with Crippen LogP contribution in [0.4, 0.5) is 4.79 Å². The van der Waals surface area contributed by atoms with E-state index in [0.29, 0.717) is 13.2 Å². The number of ether oxygens (including phenoxy) is 1. The molecule has 0 spiro atoms. The first-order valence-corrected chi connectivity index (χ1v) is 5.67. The molecule has 0 N–H and O–H groups in total. The van der Waals surface area contributed by atoms with E-state index in [1.807, 2.05) is 0 Å². The average Bonchev–Trinajstić information content (AvgIpc) is 2.20. The van der Waals surface area contributed by atoms with Gasteiger partial charge in [-0.3, -0.25) is 0 Å². The third kappa shape index (κ3) is 4.49. The summed E-state index contributed by atoms with van der Waals surface area (Å²) in [6.07, 6.45) is 7.37. The fourth-order valence-electron chi connectivity index (χ4n) is 1.98. The van der Waals surface area contributed by atoms with Gasteiger partial charge in [-0.1, -0.05) is 32.1 Å². The Labute approximate surface area is 86.2 Å². The van der Waals surface area contributed by atoms with Crippen molar-refractivity contribution in [2.45, 2.75) is 45.4 Å². The topological polar surface area (TPSA) is 40.4 Å². The molecule has 1 aliphatic carbocycles. The van der Waals surface area contributed by atoms with Crippen molar-refractivity contribution in [2.75, 3.05) is 13.2 Å². The molecule has 1 fully saturated rings. The minimum atomic E-state index is -0.400. The molecule has 1 radical (unpaired) electrons. The van der Waals surface area contributed by atoms with E-state index in [4.69, 9.17) is 4.74 Å². The number of rotatable bonds is 4. The van der Waals surface area contributed by atoms with Gasteiger partial charge < -0.3 is 4.74 Å². The normalized spacial score (nSPS) is 17.8. The third-order valence-electron chi connectivity index (χ3n) is 2.77. The molecule has 0 aromatic carbocycles. The lowest BCUT2D eigenvalue weighted by atomic mass is 9.87. The van der Waals surface area contributed by atoms with Crippen LogP contribution in [0.2, 0.25) is 0 Å². The van der Waals surface area contributed by atoms with Gasteiger partial charge in [-0.15, -0.1) is 0 Å². The summed E-state index contributed by atoms with van der Waals surface area (Å²) in [6, 6.07) is 0. The van der Waals surface area contributed by atoms with E-state index in [-0.39, 0.29) is 0 Å². The maximum Gasteiger partial charge on any atom is 0.428 e. The fraction of sp³-hybridized carbons (Fsp3) is 0.909. The molecule has 0 aromatic heterocycles. The highest BCUT2D eigenvalue weighted by molar-refractivity contribution is 5.66. The van der Waals surface area contributed by atoms with Crippen molar-refractivity contribution in [3.63, 3.8) is 0 Å². The smallest absolute Gasteiger partial charge is 0.428 e. The lowest BCUT2D eigenvalue weighted by molar-refractivity contribution is 0.150. The molecule has 1 saturated carbocycles. The van der Waals surface area contributed by atoms with Crippen molar-refractivity contribution in [2.24, 2.45) is 5.92 Å². The molecule has 1 amide bonds. The molecule has 14 heavy (non-hydrogen) atoms. The molecule has 0 atom stereocenters. The Morgan fingerprint density at radius 1 is 1.36 bits per heavy atom. The molecule has 3 heteroatoms. The van der Waals surface area contributed by atoms with Gasteiger partial charge in [-0.05, 0) is 19.3 Å². The minimum Gasteiger partial charge on any atom is -0.448 e. The highest BCUT2D eigenvalue weighted by atomic mass is 16.5. The number of hydrogen-bond donors (Lipinski definition) is 0. The van der Waals surface area contributed by atoms with Gasteiger partial charge in [0, 0.05) is 6.54 Å². The molecule has 0 saturated heterocycles. The van der Waals surface area contributed by atoms with Gasteiger partial charge in [-0.2, -0.15) is 0 Å². The molecule has 0 aromatic rings. The first-order chi connectivity index (χ1) is 6.83. The Bertz CT molecular complexity index is 165. The van der Waals surface area contributed by atoms with Crippen LogP contribution in [-0.4, -0.2) is 19.2 Å². The van der Waals surface area contributed by atoms with Crippen molar-refractivity contribution in [3.05, 3.63) is 0 Å². The van der Waals surface area contributed by atoms with Crippen LogP contribution in [0.15, 0.2) is 0 Å². The van der Waals surface area contributed by atoms with E-state index in [0.717, 1.165) is 12.3 Å². The number of nitrogens with zero attached hydrogens (tertiary/aromatic N) is 1. The summed E-state index contributed by atoms with van der Waals surface area (Å²) in [5, 5.41) is 3.85. The Hall–Kier alpha value is -0.730. The highest BCUT2D eigenvalue weighted by Crippen LogP contribution is 2.25. The van der Waals surface area contributed by atoms with E-state index in [1.54, 1.807) is 6.92 Å². The molecule has 3 nitrogen and oxygen atoms in total. The predicted octanol–water partition coefficient (Wildman–Crippen LogP) is 2.72. The summed E-state index contributed by atoms with van der Waals surface area (Å²) >= 11 is 0. The van der Waals surface area contributed by atoms with E-state index in [9.17, 15) is 4.79 Å². The third-order valence-corrected chi connectivity index (χ3v) is 2.77. The van der Waals surface area contributed by atoms with Crippen LogP contribution in [0.5, 0.6) is 0 Å². The minimum absolute atomic E-state index is 0.400. The number of carbonyl (C=O) groups is 1. The van der Waals surface area contributed by atoms with Crippen LogP contribution in [0.25, 0.3) is 0 Å². The lowest BCUT2D eigenvalue weighted by Crippen LogP contribution is -2.20. The van der Waals surface area contributed by atoms with Gasteiger partial charge in [0.2, 0.25) is 0 Å². The maximum absolute atomic E-state index is 10.9. The van der Waals surface area contributed by atoms with Gasteiger partial charge in [0.1, 0.15) is 0 Å². The van der Waals surface area contributed by atoms with Gasteiger partial charge in [0.15, 0.2) is 0 Å². The highest BCUT2D eigenvalue weighted by Gasteiger charge is 2.13. The summed E-state index contributed by atoms with van der Waals surface area (Å²) < 4.78 is 4.73. The van der Waals surface area contributed by atoms with Gasteiger partial charge in [-0.25, -0.2) is 10.1 Å². The Morgan fingerprint density at radius 3 is 2.71 bits per heavy atom. The van der Waals surface area contributed by atoms with Crippen LogP contribution in [0.3, 0.4) is 0 Å². The standard InChI is InChI=1S/C11H20NO2/c1-2-14-11(13)12-9-8-10-6-4-3-5-7-10/h10H,2-9H2,1H3. The largest absolute Gasteiger partial charge is 0.448 e. The second-order valence-corrected chi connectivity index (χ2v) is 3.87. The van der Waals surface area contributed by atoms with Crippen molar-refractivity contribution in [1.82, 2.24) is 5.32 Å². The van der Waals surface area contributed by atoms with E-state index in [1.165, 1.54) is 32.1 Å². The summed E-state index contributed by atoms with van der Waals surface area (Å²) in [5.41, 5.74) is 0. The molecular formula is C11H20NO2. The Kier molecular flexibility index (Phi) is 5.42. The van der Waals surface area contributed by atoms with Crippen LogP contribution in [0.1, 0.15) is 45.4 Å². The quantitative estimate of drug-likeness (QED) is 0.696. The molecule has 1 aliphatic rings. The van der Waals surface area contributed by atoms with Crippen molar-refractivity contribution in [1.29, 1.82) is 0 Å². The molecule has 81 valence electrons. The summed E-state index contributed by atoms with van der Waals surface area (Å²) in [6.45, 7) is 2.86. The second-order valence-electron chi connectivity index (χ2n) is 3.87. The SMILES string of the molecule is CCOC(=O)[N]CCC1CCCCC1. The van der Waals surface area contributed by atoms with Gasteiger partial charge in [0.25, 0.3) is 0 Å². The predicted molar refractivity (Wildman–Crippen MR) is 55.2 cm³/mol.